The lowest BCUT2D eigenvalue weighted by Gasteiger charge is -2.35. The van der Waals surface area contributed by atoms with Gasteiger partial charge in [0.1, 0.15) is 6.07 Å². The van der Waals surface area contributed by atoms with Crippen molar-refractivity contribution < 1.29 is 0 Å². The van der Waals surface area contributed by atoms with Crippen molar-refractivity contribution in [2.75, 3.05) is 0 Å². The highest BCUT2D eigenvalue weighted by atomic mass is 28.3. The van der Waals surface area contributed by atoms with Crippen LogP contribution in [0.5, 0.6) is 0 Å². The van der Waals surface area contributed by atoms with Crippen LogP contribution < -0.4 is 20.7 Å². The Balaban J connectivity index is 1.32. The van der Waals surface area contributed by atoms with Crippen LogP contribution >= 0.6 is 0 Å². The normalized spacial score (nSPS) is 11.3. The molecule has 4 heteroatoms. The van der Waals surface area contributed by atoms with Gasteiger partial charge in [0, 0.05) is 10.8 Å². The fourth-order valence-electron chi connectivity index (χ4n) is 7.36. The van der Waals surface area contributed by atoms with Crippen LogP contribution in [0.25, 0.3) is 38.6 Å². The Morgan fingerprint density at radius 3 is 1.31 bits per heavy atom. The molecule has 3 nitrogen and oxygen atoms in total. The van der Waals surface area contributed by atoms with E-state index in [1.807, 2.05) is 48.5 Å². The lowest BCUT2D eigenvalue weighted by molar-refractivity contribution is 1.17. The van der Waals surface area contributed by atoms with E-state index in [1.54, 1.807) is 0 Å². The van der Waals surface area contributed by atoms with Gasteiger partial charge >= 0.3 is 0 Å². The highest BCUT2D eigenvalue weighted by molar-refractivity contribution is 7.20. The third kappa shape index (κ3) is 4.55. The first kappa shape index (κ1) is 29.0. The molecule has 0 fully saturated rings. The highest BCUT2D eigenvalue weighted by Gasteiger charge is 2.43. The predicted octanol–water partition coefficient (Wildman–Crippen LogP) is 7.57. The Labute approximate surface area is 280 Å². The van der Waals surface area contributed by atoms with Crippen LogP contribution in [0.2, 0.25) is 0 Å². The molecule has 0 N–H and O–H groups in total. The summed E-state index contributed by atoms with van der Waals surface area (Å²) >= 11 is 0. The second-order valence-electron chi connectivity index (χ2n) is 11.9. The molecule has 0 saturated heterocycles. The van der Waals surface area contributed by atoms with Crippen LogP contribution in [0.3, 0.4) is 0 Å². The van der Waals surface area contributed by atoms with Gasteiger partial charge in [0.05, 0.1) is 33.9 Å². The molecule has 0 aliphatic heterocycles. The Hall–Kier alpha value is -6.46. The van der Waals surface area contributed by atoms with E-state index >= 15 is 0 Å². The topological polar surface area (TPSA) is 52.5 Å². The first-order valence-corrected chi connectivity index (χ1v) is 18.0. The molecular weight excluding hydrogens is 599 g/mol. The average Bonchev–Trinajstić information content (AvgIpc) is 3.50. The lowest BCUT2D eigenvalue weighted by atomic mass is 10.0. The second-order valence-corrected chi connectivity index (χ2v) is 15.7. The number of fused-ring (bicyclic) bond motifs is 3. The van der Waals surface area contributed by atoms with E-state index in [2.05, 4.69) is 144 Å². The van der Waals surface area contributed by atoms with Gasteiger partial charge in [-0.3, -0.25) is 0 Å². The summed E-state index contributed by atoms with van der Waals surface area (Å²) in [6, 6.07) is 65.9. The van der Waals surface area contributed by atoms with Gasteiger partial charge in [-0.1, -0.05) is 146 Å². The van der Waals surface area contributed by atoms with E-state index in [-0.39, 0.29) is 0 Å². The summed E-state index contributed by atoms with van der Waals surface area (Å²) in [5.74, 6) is 0. The summed E-state index contributed by atoms with van der Waals surface area (Å²) in [7, 11) is -2.88. The summed E-state index contributed by atoms with van der Waals surface area (Å²) in [4.78, 5) is 0. The predicted molar refractivity (Wildman–Crippen MR) is 199 cm³/mol. The molecule has 7 aromatic carbocycles. The molecule has 8 rings (SSSR count). The monoisotopic (exact) mass is 627 g/mol. The van der Waals surface area contributed by atoms with Crippen LogP contribution in [0.1, 0.15) is 11.1 Å². The van der Waals surface area contributed by atoms with Crippen LogP contribution in [-0.2, 0) is 0 Å². The first-order valence-electron chi connectivity index (χ1n) is 16.0. The number of benzene rings is 7. The molecule has 224 valence electrons. The van der Waals surface area contributed by atoms with Crippen molar-refractivity contribution >= 4 is 50.6 Å². The molecule has 0 unspecified atom stereocenters. The van der Waals surface area contributed by atoms with Crippen molar-refractivity contribution in [3.63, 3.8) is 0 Å². The van der Waals surface area contributed by atoms with Crippen LogP contribution in [0, 0.1) is 22.7 Å². The molecule has 0 atom stereocenters. The average molecular weight is 628 g/mol. The number of hydrogen-bond donors (Lipinski definition) is 0. The van der Waals surface area contributed by atoms with Crippen molar-refractivity contribution in [1.82, 2.24) is 4.57 Å². The van der Waals surface area contributed by atoms with E-state index in [1.165, 1.54) is 15.6 Å². The summed E-state index contributed by atoms with van der Waals surface area (Å²) < 4.78 is 2.18. The zero-order valence-corrected chi connectivity index (χ0v) is 27.1. The van der Waals surface area contributed by atoms with Crippen molar-refractivity contribution in [2.24, 2.45) is 0 Å². The van der Waals surface area contributed by atoms with Gasteiger partial charge in [-0.05, 0) is 62.2 Å². The number of nitrogens with zero attached hydrogens (tertiary/aromatic N) is 3. The lowest BCUT2D eigenvalue weighted by Crippen LogP contribution is -2.75. The zero-order valence-electron chi connectivity index (χ0n) is 26.1. The van der Waals surface area contributed by atoms with Crippen LogP contribution in [0.4, 0.5) is 0 Å². The van der Waals surface area contributed by atoms with Gasteiger partial charge in [0.15, 0.2) is 8.07 Å². The van der Waals surface area contributed by atoms with E-state index in [9.17, 15) is 10.5 Å². The smallest absolute Gasteiger partial charge is 0.180 e. The molecular formula is C44H29N3Si. The molecule has 48 heavy (non-hydrogen) atoms. The van der Waals surface area contributed by atoms with Gasteiger partial charge in [-0.25, -0.2) is 0 Å². The number of nitriles is 2. The Morgan fingerprint density at radius 2 is 0.833 bits per heavy atom. The molecule has 0 radical (unpaired) electrons. The van der Waals surface area contributed by atoms with Crippen LogP contribution in [-0.4, -0.2) is 12.6 Å². The molecule has 0 amide bonds. The molecule has 0 bridgehead atoms. The van der Waals surface area contributed by atoms with E-state index in [4.69, 9.17) is 0 Å². The fraction of sp³-hybridized carbons (Fsp3) is 0. The maximum atomic E-state index is 10.8. The standard InChI is InChI=1S/C44H29N3Si/c45-30-34-28-32(24-26-41(34)47-42-22-12-10-20-39(42)40-21-11-13-23-43(40)47)33-25-27-44(35(29-33)31-46)48(36-14-4-1-5-15-36,37-16-6-2-7-17-37)38-18-8-3-9-19-38/h1-29H. The largest absolute Gasteiger partial charge is 0.308 e. The molecule has 0 spiro atoms. The second kappa shape index (κ2) is 12.0. The minimum Gasteiger partial charge on any atom is -0.308 e. The summed E-state index contributed by atoms with van der Waals surface area (Å²) in [5.41, 5.74) is 5.96. The minimum atomic E-state index is -2.88. The van der Waals surface area contributed by atoms with E-state index in [0.29, 0.717) is 11.1 Å². The number of hydrogen-bond acceptors (Lipinski definition) is 2. The molecule has 0 saturated carbocycles. The Bertz CT molecular complexity index is 2370. The number of aromatic nitrogens is 1. The molecule has 8 aromatic rings. The molecule has 0 aliphatic rings. The van der Waals surface area contributed by atoms with Crippen molar-refractivity contribution in [1.29, 1.82) is 10.5 Å². The number of para-hydroxylation sites is 2. The first-order chi connectivity index (χ1) is 23.7. The summed E-state index contributed by atoms with van der Waals surface area (Å²) in [6.07, 6.45) is 0. The summed E-state index contributed by atoms with van der Waals surface area (Å²) in [5, 5.41) is 28.2. The van der Waals surface area contributed by atoms with Gasteiger partial charge < -0.3 is 4.57 Å². The summed E-state index contributed by atoms with van der Waals surface area (Å²) in [6.45, 7) is 0. The van der Waals surface area contributed by atoms with Crippen LogP contribution in [0.15, 0.2) is 176 Å². The van der Waals surface area contributed by atoms with Crippen molar-refractivity contribution in [3.05, 3.63) is 187 Å². The molecule has 1 heterocycles. The van der Waals surface area contributed by atoms with Gasteiger partial charge in [0.25, 0.3) is 0 Å². The Kier molecular flexibility index (Phi) is 7.27. The third-order valence-corrected chi connectivity index (χ3v) is 14.3. The third-order valence-electron chi connectivity index (χ3n) is 9.44. The fourth-order valence-corrected chi connectivity index (χ4v) is 12.2. The van der Waals surface area contributed by atoms with Gasteiger partial charge in [0.2, 0.25) is 0 Å². The van der Waals surface area contributed by atoms with Crippen molar-refractivity contribution in [2.45, 2.75) is 0 Å². The Morgan fingerprint density at radius 1 is 0.417 bits per heavy atom. The van der Waals surface area contributed by atoms with E-state index < -0.39 is 8.07 Å². The minimum absolute atomic E-state index is 0.572. The highest BCUT2D eigenvalue weighted by Crippen LogP contribution is 2.34. The van der Waals surface area contributed by atoms with Gasteiger partial charge in [-0.2, -0.15) is 10.5 Å². The quantitative estimate of drug-likeness (QED) is 0.141. The zero-order chi connectivity index (χ0) is 32.5. The van der Waals surface area contributed by atoms with E-state index in [0.717, 1.165) is 43.8 Å². The van der Waals surface area contributed by atoms with Gasteiger partial charge in [-0.15, -0.1) is 0 Å². The number of rotatable bonds is 6. The SMILES string of the molecule is N#Cc1cc(-c2ccc([Si](c3ccccc3)(c3ccccc3)c3ccccc3)c(C#N)c2)ccc1-n1c2ccccc2c2ccccc21. The van der Waals surface area contributed by atoms with Crippen molar-refractivity contribution in [3.8, 4) is 29.0 Å². The maximum absolute atomic E-state index is 10.8. The maximum Gasteiger partial charge on any atom is 0.180 e. The molecule has 0 aliphatic carbocycles. The molecule has 1 aromatic heterocycles.